The van der Waals surface area contributed by atoms with Gasteiger partial charge in [-0.05, 0) is 56.1 Å². The highest BCUT2D eigenvalue weighted by Crippen LogP contribution is 2.34. The standard InChI is InChI=1S/C13H18FN/c1-13(6-8-15(2)9-7-13)11-4-3-5-12(14)10-11/h3-5,10H,6-9H2,1-2H3. The Balaban J connectivity index is 2.22. The molecule has 0 N–H and O–H groups in total. The van der Waals surface area contributed by atoms with E-state index in [1.165, 1.54) is 6.07 Å². The van der Waals surface area contributed by atoms with Gasteiger partial charge in [0.25, 0.3) is 0 Å². The number of halogens is 1. The second-order valence-electron chi connectivity index (χ2n) is 4.87. The van der Waals surface area contributed by atoms with Gasteiger partial charge in [0.05, 0.1) is 0 Å². The Bertz CT molecular complexity index is 340. The summed E-state index contributed by atoms with van der Waals surface area (Å²) in [7, 11) is 2.14. The maximum absolute atomic E-state index is 13.2. The van der Waals surface area contributed by atoms with Gasteiger partial charge >= 0.3 is 0 Å². The molecule has 0 radical (unpaired) electrons. The summed E-state index contributed by atoms with van der Waals surface area (Å²) >= 11 is 0. The van der Waals surface area contributed by atoms with Crippen LogP contribution in [0.3, 0.4) is 0 Å². The molecule has 1 saturated heterocycles. The molecule has 0 saturated carbocycles. The molecule has 15 heavy (non-hydrogen) atoms. The van der Waals surface area contributed by atoms with Gasteiger partial charge in [-0.3, -0.25) is 0 Å². The van der Waals surface area contributed by atoms with Crippen LogP contribution in [-0.4, -0.2) is 25.0 Å². The first-order valence-corrected chi connectivity index (χ1v) is 5.55. The van der Waals surface area contributed by atoms with Crippen LogP contribution < -0.4 is 0 Å². The summed E-state index contributed by atoms with van der Waals surface area (Å²) in [5.74, 6) is -0.118. The zero-order chi connectivity index (χ0) is 10.9. The summed E-state index contributed by atoms with van der Waals surface area (Å²) in [5, 5.41) is 0. The fourth-order valence-electron chi connectivity index (χ4n) is 2.26. The minimum Gasteiger partial charge on any atom is -0.306 e. The molecule has 0 unspecified atom stereocenters. The van der Waals surface area contributed by atoms with Crippen molar-refractivity contribution in [2.24, 2.45) is 0 Å². The predicted octanol–water partition coefficient (Wildman–Crippen LogP) is 2.81. The third-order valence-electron chi connectivity index (χ3n) is 3.61. The minimum absolute atomic E-state index is 0.118. The van der Waals surface area contributed by atoms with E-state index in [1.54, 1.807) is 6.07 Å². The van der Waals surface area contributed by atoms with Gasteiger partial charge in [0.2, 0.25) is 0 Å². The second kappa shape index (κ2) is 3.93. The summed E-state index contributed by atoms with van der Waals surface area (Å²) in [4.78, 5) is 2.33. The molecular formula is C13H18FN. The highest BCUT2D eigenvalue weighted by molar-refractivity contribution is 5.26. The van der Waals surface area contributed by atoms with Crippen LogP contribution >= 0.6 is 0 Å². The lowest BCUT2D eigenvalue weighted by Gasteiger charge is -2.38. The minimum atomic E-state index is -0.118. The zero-order valence-corrected chi connectivity index (χ0v) is 9.46. The van der Waals surface area contributed by atoms with E-state index in [0.29, 0.717) is 0 Å². The Morgan fingerprint density at radius 3 is 2.53 bits per heavy atom. The Kier molecular flexibility index (Phi) is 2.79. The van der Waals surface area contributed by atoms with Crippen LogP contribution in [0.2, 0.25) is 0 Å². The monoisotopic (exact) mass is 207 g/mol. The molecule has 0 bridgehead atoms. The van der Waals surface area contributed by atoms with Crippen molar-refractivity contribution in [2.75, 3.05) is 20.1 Å². The molecular weight excluding hydrogens is 189 g/mol. The molecule has 82 valence electrons. The lowest BCUT2D eigenvalue weighted by Crippen LogP contribution is -2.38. The maximum Gasteiger partial charge on any atom is 0.123 e. The molecule has 1 aromatic carbocycles. The molecule has 1 fully saturated rings. The van der Waals surface area contributed by atoms with Crippen LogP contribution in [0.1, 0.15) is 25.3 Å². The van der Waals surface area contributed by atoms with Crippen molar-refractivity contribution in [3.8, 4) is 0 Å². The Morgan fingerprint density at radius 1 is 1.27 bits per heavy atom. The average molecular weight is 207 g/mol. The van der Waals surface area contributed by atoms with E-state index in [1.807, 2.05) is 6.07 Å². The van der Waals surface area contributed by atoms with Gasteiger partial charge in [0, 0.05) is 0 Å². The summed E-state index contributed by atoms with van der Waals surface area (Å²) < 4.78 is 13.2. The quantitative estimate of drug-likeness (QED) is 0.684. The van der Waals surface area contributed by atoms with E-state index in [0.717, 1.165) is 31.5 Å². The van der Waals surface area contributed by atoms with Crippen molar-refractivity contribution < 1.29 is 4.39 Å². The molecule has 0 amide bonds. The van der Waals surface area contributed by atoms with Crippen LogP contribution in [0.4, 0.5) is 4.39 Å². The van der Waals surface area contributed by atoms with Gasteiger partial charge in [0.15, 0.2) is 0 Å². The smallest absolute Gasteiger partial charge is 0.123 e. The lowest BCUT2D eigenvalue weighted by molar-refractivity contribution is 0.199. The normalized spacial score (nSPS) is 21.5. The number of piperidine rings is 1. The van der Waals surface area contributed by atoms with E-state index < -0.39 is 0 Å². The lowest BCUT2D eigenvalue weighted by atomic mass is 9.75. The fraction of sp³-hybridized carbons (Fsp3) is 0.538. The van der Waals surface area contributed by atoms with E-state index in [2.05, 4.69) is 24.9 Å². The van der Waals surface area contributed by atoms with Crippen LogP contribution in [0.25, 0.3) is 0 Å². The molecule has 1 aliphatic rings. The van der Waals surface area contributed by atoms with Crippen LogP contribution in [0.5, 0.6) is 0 Å². The SMILES string of the molecule is CN1CCC(C)(c2cccc(F)c2)CC1. The van der Waals surface area contributed by atoms with Crippen LogP contribution in [0.15, 0.2) is 24.3 Å². The van der Waals surface area contributed by atoms with E-state index in [4.69, 9.17) is 0 Å². The number of benzene rings is 1. The summed E-state index contributed by atoms with van der Waals surface area (Å²) in [6.45, 7) is 4.45. The topological polar surface area (TPSA) is 3.24 Å². The highest BCUT2D eigenvalue weighted by Gasteiger charge is 2.30. The van der Waals surface area contributed by atoms with Crippen LogP contribution in [0, 0.1) is 5.82 Å². The summed E-state index contributed by atoms with van der Waals surface area (Å²) in [6.07, 6.45) is 2.24. The fourth-order valence-corrected chi connectivity index (χ4v) is 2.26. The number of likely N-dealkylation sites (tertiary alicyclic amines) is 1. The molecule has 0 aliphatic carbocycles. The largest absolute Gasteiger partial charge is 0.306 e. The number of hydrogen-bond donors (Lipinski definition) is 0. The Hall–Kier alpha value is -0.890. The molecule has 2 heteroatoms. The van der Waals surface area contributed by atoms with Gasteiger partial charge in [-0.2, -0.15) is 0 Å². The molecule has 0 atom stereocenters. The van der Waals surface area contributed by atoms with Crippen LogP contribution in [-0.2, 0) is 5.41 Å². The second-order valence-corrected chi connectivity index (χ2v) is 4.87. The Labute approximate surface area is 90.9 Å². The molecule has 1 aliphatic heterocycles. The molecule has 2 rings (SSSR count). The van der Waals surface area contributed by atoms with E-state index in [-0.39, 0.29) is 11.2 Å². The van der Waals surface area contributed by atoms with E-state index >= 15 is 0 Å². The van der Waals surface area contributed by atoms with Gasteiger partial charge < -0.3 is 4.90 Å². The molecule has 0 spiro atoms. The zero-order valence-electron chi connectivity index (χ0n) is 9.46. The van der Waals surface area contributed by atoms with Crippen molar-refractivity contribution >= 4 is 0 Å². The molecule has 1 heterocycles. The first kappa shape index (κ1) is 10.6. The van der Waals surface area contributed by atoms with Crippen molar-refractivity contribution in [3.05, 3.63) is 35.6 Å². The van der Waals surface area contributed by atoms with Gasteiger partial charge in [-0.1, -0.05) is 19.1 Å². The van der Waals surface area contributed by atoms with Crippen molar-refractivity contribution in [1.29, 1.82) is 0 Å². The van der Waals surface area contributed by atoms with E-state index in [9.17, 15) is 4.39 Å². The molecule has 1 nitrogen and oxygen atoms in total. The van der Waals surface area contributed by atoms with Gasteiger partial charge in [0.1, 0.15) is 5.82 Å². The summed E-state index contributed by atoms with van der Waals surface area (Å²) in [5.41, 5.74) is 1.31. The van der Waals surface area contributed by atoms with Gasteiger partial charge in [-0.25, -0.2) is 4.39 Å². The predicted molar refractivity (Wildman–Crippen MR) is 60.5 cm³/mol. The number of hydrogen-bond acceptors (Lipinski definition) is 1. The maximum atomic E-state index is 13.2. The van der Waals surface area contributed by atoms with Crippen molar-refractivity contribution in [3.63, 3.8) is 0 Å². The highest BCUT2D eigenvalue weighted by atomic mass is 19.1. The molecule has 0 aromatic heterocycles. The van der Waals surface area contributed by atoms with Gasteiger partial charge in [-0.15, -0.1) is 0 Å². The summed E-state index contributed by atoms with van der Waals surface area (Å²) in [6, 6.07) is 7.07. The number of rotatable bonds is 1. The molecule has 1 aromatic rings. The average Bonchev–Trinajstić information content (AvgIpc) is 2.23. The van der Waals surface area contributed by atoms with Crippen molar-refractivity contribution in [1.82, 2.24) is 4.90 Å². The first-order chi connectivity index (χ1) is 7.10. The Morgan fingerprint density at radius 2 is 1.93 bits per heavy atom. The third kappa shape index (κ3) is 2.20. The third-order valence-corrected chi connectivity index (χ3v) is 3.61. The van der Waals surface area contributed by atoms with Crippen molar-refractivity contribution in [2.45, 2.75) is 25.2 Å². The number of nitrogens with zero attached hydrogens (tertiary/aromatic N) is 1. The first-order valence-electron chi connectivity index (χ1n) is 5.55.